The van der Waals surface area contributed by atoms with Crippen LogP contribution in [0.3, 0.4) is 0 Å². The first-order valence-electron chi connectivity index (χ1n) is 11.5. The predicted molar refractivity (Wildman–Crippen MR) is 131 cm³/mol. The second-order valence-electron chi connectivity index (χ2n) is 9.36. The van der Waals surface area contributed by atoms with Crippen LogP contribution in [0.25, 0.3) is 0 Å². The van der Waals surface area contributed by atoms with Gasteiger partial charge in [-0.15, -0.1) is 12.8 Å². The molecule has 3 aliphatic rings. The van der Waals surface area contributed by atoms with Crippen LogP contribution in [-0.2, 0) is 19.2 Å². The van der Waals surface area contributed by atoms with E-state index in [1.54, 1.807) is 0 Å². The first kappa shape index (κ1) is 24.5. The van der Waals surface area contributed by atoms with Gasteiger partial charge in [-0.1, -0.05) is 11.8 Å². The van der Waals surface area contributed by atoms with Gasteiger partial charge in [-0.05, 0) is 49.2 Å². The van der Waals surface area contributed by atoms with E-state index in [0.717, 1.165) is 21.9 Å². The largest absolute Gasteiger partial charge is 0.478 e. The van der Waals surface area contributed by atoms with Gasteiger partial charge in [-0.25, -0.2) is 19.4 Å². The molecule has 1 saturated carbocycles. The van der Waals surface area contributed by atoms with E-state index in [-0.39, 0.29) is 46.5 Å². The minimum atomic E-state index is -1.31. The summed E-state index contributed by atoms with van der Waals surface area (Å²) in [7, 11) is 0. The molecule has 1 aliphatic carbocycles. The van der Waals surface area contributed by atoms with E-state index in [0.29, 0.717) is 0 Å². The number of benzene rings is 2. The monoisotopic (exact) mass is 510 g/mol. The Morgan fingerprint density at radius 3 is 1.21 bits per heavy atom. The zero-order valence-electron chi connectivity index (χ0n) is 19.6. The highest BCUT2D eigenvalue weighted by Gasteiger charge is 2.60. The second kappa shape index (κ2) is 8.71. The third-order valence-corrected chi connectivity index (χ3v) is 7.32. The highest BCUT2D eigenvalue weighted by atomic mass is 16.4. The van der Waals surface area contributed by atoms with E-state index in [4.69, 9.17) is 12.8 Å². The number of carboxylic acid groups (broad SMARTS) is 2. The van der Waals surface area contributed by atoms with Crippen LogP contribution >= 0.6 is 0 Å². The van der Waals surface area contributed by atoms with Gasteiger partial charge in [0.25, 0.3) is 0 Å². The number of rotatable bonds is 4. The lowest BCUT2D eigenvalue weighted by molar-refractivity contribution is -0.155. The van der Waals surface area contributed by atoms with E-state index in [9.17, 15) is 39.0 Å². The van der Waals surface area contributed by atoms with Gasteiger partial charge < -0.3 is 10.2 Å². The van der Waals surface area contributed by atoms with Crippen molar-refractivity contribution in [3.63, 3.8) is 0 Å². The summed E-state index contributed by atoms with van der Waals surface area (Å²) in [6.45, 7) is 0. The van der Waals surface area contributed by atoms with Gasteiger partial charge >= 0.3 is 11.9 Å². The van der Waals surface area contributed by atoms with Crippen molar-refractivity contribution in [2.24, 2.45) is 23.7 Å². The van der Waals surface area contributed by atoms with Crippen molar-refractivity contribution in [2.45, 2.75) is 12.8 Å². The lowest BCUT2D eigenvalue weighted by Gasteiger charge is -2.50. The SMILES string of the molecule is C#Cc1cc(C(=O)O)cc(N2C(=O)C3CC(C2=O)C2CC3C(=O)N(c3cc(C#C)cc(C(=O)O)c3)C2=O)c1. The molecule has 38 heavy (non-hydrogen) atoms. The zero-order valence-corrected chi connectivity index (χ0v) is 19.6. The van der Waals surface area contributed by atoms with Crippen LogP contribution in [0.5, 0.6) is 0 Å². The molecule has 4 bridgehead atoms. The van der Waals surface area contributed by atoms with Crippen molar-refractivity contribution in [3.8, 4) is 24.7 Å². The van der Waals surface area contributed by atoms with Gasteiger partial charge in [-0.2, -0.15) is 0 Å². The molecule has 3 fully saturated rings. The summed E-state index contributed by atoms with van der Waals surface area (Å²) in [4.78, 5) is 79.2. The van der Waals surface area contributed by atoms with Crippen LogP contribution < -0.4 is 9.80 Å². The van der Waals surface area contributed by atoms with Crippen LogP contribution in [0, 0.1) is 48.4 Å². The number of amides is 4. The standard InChI is InChI=1S/C28H18N2O8/c1-3-13-5-15(27(35)36)9-17(7-13)29-23(31)19-11-20(24(29)32)22-12-21(19)25(33)30(26(22)34)18-8-14(4-2)6-16(10-18)28(37)38/h1-2,5-10,19-22H,11-12H2,(H,35,36)(H,37,38). The smallest absolute Gasteiger partial charge is 0.335 e. The molecule has 2 saturated heterocycles. The van der Waals surface area contributed by atoms with E-state index in [2.05, 4.69) is 11.8 Å². The average molecular weight is 510 g/mol. The Hall–Kier alpha value is -5.22. The average Bonchev–Trinajstić information content (AvgIpc) is 2.90. The molecule has 0 radical (unpaired) electrons. The van der Waals surface area contributed by atoms with Gasteiger partial charge in [0, 0.05) is 11.1 Å². The number of piperidine rings is 2. The van der Waals surface area contributed by atoms with Crippen molar-refractivity contribution >= 4 is 46.9 Å². The Bertz CT molecular complexity index is 1420. The van der Waals surface area contributed by atoms with Crippen molar-refractivity contribution in [3.05, 3.63) is 58.7 Å². The molecule has 2 aliphatic heterocycles. The third kappa shape index (κ3) is 3.62. The Kier molecular flexibility index (Phi) is 5.61. The first-order valence-corrected chi connectivity index (χ1v) is 11.5. The lowest BCUT2D eigenvalue weighted by atomic mass is 9.62. The molecule has 4 atom stereocenters. The summed E-state index contributed by atoms with van der Waals surface area (Å²) in [5.41, 5.74) is -0.283. The quantitative estimate of drug-likeness (QED) is 0.467. The fourth-order valence-electron chi connectivity index (χ4n) is 5.58. The fourth-order valence-corrected chi connectivity index (χ4v) is 5.58. The molecular formula is C28H18N2O8. The van der Waals surface area contributed by atoms with E-state index in [1.807, 2.05) is 0 Å². The van der Waals surface area contributed by atoms with Crippen molar-refractivity contribution in [2.75, 3.05) is 9.80 Å². The Morgan fingerprint density at radius 2 is 0.947 bits per heavy atom. The van der Waals surface area contributed by atoms with Crippen molar-refractivity contribution in [1.82, 2.24) is 0 Å². The maximum Gasteiger partial charge on any atom is 0.335 e. The van der Waals surface area contributed by atoms with E-state index >= 15 is 0 Å². The van der Waals surface area contributed by atoms with Crippen LogP contribution in [0.4, 0.5) is 11.4 Å². The minimum Gasteiger partial charge on any atom is -0.478 e. The number of hydrogen-bond donors (Lipinski definition) is 2. The normalized spacial score (nSPS) is 24.1. The molecular weight excluding hydrogens is 492 g/mol. The number of terminal acetylenes is 2. The number of carboxylic acids is 2. The zero-order chi connectivity index (χ0) is 27.5. The van der Waals surface area contributed by atoms with E-state index < -0.39 is 59.2 Å². The van der Waals surface area contributed by atoms with Gasteiger partial charge in [0.15, 0.2) is 0 Å². The molecule has 188 valence electrons. The van der Waals surface area contributed by atoms with Crippen molar-refractivity contribution < 1.29 is 39.0 Å². The first-order chi connectivity index (χ1) is 18.0. The maximum atomic E-state index is 13.6. The number of imide groups is 2. The topological polar surface area (TPSA) is 149 Å². The Balaban J connectivity index is 1.58. The van der Waals surface area contributed by atoms with Crippen LogP contribution in [0.15, 0.2) is 36.4 Å². The highest BCUT2D eigenvalue weighted by molar-refractivity contribution is 6.25. The molecule has 2 heterocycles. The number of carbonyl (C=O) groups is 6. The molecule has 2 aromatic rings. The number of nitrogens with zero attached hydrogens (tertiary/aromatic N) is 2. The Morgan fingerprint density at radius 1 is 0.632 bits per heavy atom. The third-order valence-electron chi connectivity index (χ3n) is 7.32. The van der Waals surface area contributed by atoms with Crippen LogP contribution in [0.2, 0.25) is 0 Å². The second-order valence-corrected chi connectivity index (χ2v) is 9.36. The summed E-state index contributed by atoms with van der Waals surface area (Å²) in [6, 6.07) is 7.39. The molecule has 10 heteroatoms. The number of carbonyl (C=O) groups excluding carboxylic acids is 4. The van der Waals surface area contributed by atoms with Crippen molar-refractivity contribution in [1.29, 1.82) is 0 Å². The number of aromatic carboxylic acids is 2. The predicted octanol–water partition coefficient (Wildman–Crippen LogP) is 1.75. The molecule has 0 aromatic heterocycles. The van der Waals surface area contributed by atoms with E-state index in [1.165, 1.54) is 24.3 Å². The summed E-state index contributed by atoms with van der Waals surface area (Å²) in [5.74, 6) is -4.69. The summed E-state index contributed by atoms with van der Waals surface area (Å²) in [5, 5.41) is 18.9. The molecule has 5 rings (SSSR count). The molecule has 2 N–H and O–H groups in total. The molecule has 4 amide bonds. The number of hydrogen-bond acceptors (Lipinski definition) is 6. The van der Waals surface area contributed by atoms with Gasteiger partial charge in [0.05, 0.1) is 46.2 Å². The fraction of sp³-hybridized carbons (Fsp3) is 0.214. The lowest BCUT2D eigenvalue weighted by Crippen LogP contribution is -2.65. The van der Waals surface area contributed by atoms with Gasteiger partial charge in [0.1, 0.15) is 0 Å². The molecule has 2 aromatic carbocycles. The minimum absolute atomic E-state index is 0.0137. The highest BCUT2D eigenvalue weighted by Crippen LogP contribution is 2.49. The Labute approximate surface area is 215 Å². The maximum absolute atomic E-state index is 13.6. The summed E-state index contributed by atoms with van der Waals surface area (Å²) in [6.07, 6.45) is 10.8. The van der Waals surface area contributed by atoms with Crippen LogP contribution in [-0.4, -0.2) is 45.8 Å². The molecule has 4 unspecified atom stereocenters. The number of fused-ring (bicyclic) bond motifs is 6. The van der Waals surface area contributed by atoms with Gasteiger partial charge in [0.2, 0.25) is 23.6 Å². The summed E-state index contributed by atoms with van der Waals surface area (Å²) < 4.78 is 0. The number of anilines is 2. The van der Waals surface area contributed by atoms with Gasteiger partial charge in [-0.3, -0.25) is 19.2 Å². The van der Waals surface area contributed by atoms with Crippen LogP contribution in [0.1, 0.15) is 44.7 Å². The molecule has 0 spiro atoms. The summed E-state index contributed by atoms with van der Waals surface area (Å²) >= 11 is 0. The molecule has 10 nitrogen and oxygen atoms in total.